The third-order valence-electron chi connectivity index (χ3n) is 2.79. The molecular weight excluding hydrogens is 190 g/mol. The molecule has 0 radical (unpaired) electrons. The Morgan fingerprint density at radius 1 is 1.53 bits per heavy atom. The molecule has 1 aromatic rings. The van der Waals surface area contributed by atoms with Gasteiger partial charge in [-0.25, -0.2) is 4.98 Å². The summed E-state index contributed by atoms with van der Waals surface area (Å²) in [5.41, 5.74) is 7.32. The molecule has 0 unspecified atom stereocenters. The zero-order chi connectivity index (χ0) is 10.8. The highest BCUT2D eigenvalue weighted by Gasteiger charge is 2.28. The van der Waals surface area contributed by atoms with Gasteiger partial charge in [0.25, 0.3) is 5.56 Å². The number of nitrogens with two attached hydrogens (primary N) is 1. The summed E-state index contributed by atoms with van der Waals surface area (Å²) in [6.07, 6.45) is 3.74. The Morgan fingerprint density at radius 2 is 2.27 bits per heavy atom. The van der Waals surface area contributed by atoms with Crippen LogP contribution in [0, 0.1) is 0 Å². The SMILES string of the molecule is CCc1nc(C2CC2)c(CCN)c(=O)[nH]1. The number of aromatic amines is 1. The minimum absolute atomic E-state index is 0.00852. The van der Waals surface area contributed by atoms with Crippen molar-refractivity contribution >= 4 is 0 Å². The molecule has 82 valence electrons. The predicted octanol–water partition coefficient (Wildman–Crippen LogP) is 0.711. The minimum Gasteiger partial charge on any atom is -0.330 e. The average Bonchev–Trinajstić information content (AvgIpc) is 3.04. The van der Waals surface area contributed by atoms with E-state index in [1.165, 1.54) is 0 Å². The lowest BCUT2D eigenvalue weighted by Crippen LogP contribution is -2.22. The molecular formula is C11H17N3O. The number of aromatic nitrogens is 2. The van der Waals surface area contributed by atoms with Crippen molar-refractivity contribution in [2.75, 3.05) is 6.54 Å². The van der Waals surface area contributed by atoms with Crippen molar-refractivity contribution in [2.24, 2.45) is 5.73 Å². The Bertz CT molecular complexity index is 407. The van der Waals surface area contributed by atoms with Gasteiger partial charge in [0.05, 0.1) is 5.69 Å². The summed E-state index contributed by atoms with van der Waals surface area (Å²) >= 11 is 0. The van der Waals surface area contributed by atoms with Crippen LogP contribution in [0.5, 0.6) is 0 Å². The van der Waals surface area contributed by atoms with E-state index in [9.17, 15) is 4.79 Å². The molecule has 0 spiro atoms. The van der Waals surface area contributed by atoms with Gasteiger partial charge in [-0.15, -0.1) is 0 Å². The fourth-order valence-electron chi connectivity index (χ4n) is 1.81. The topological polar surface area (TPSA) is 71.8 Å². The number of rotatable bonds is 4. The maximum atomic E-state index is 11.8. The first-order valence-corrected chi connectivity index (χ1v) is 5.58. The highest BCUT2D eigenvalue weighted by atomic mass is 16.1. The summed E-state index contributed by atoms with van der Waals surface area (Å²) in [6.45, 7) is 2.51. The average molecular weight is 207 g/mol. The molecule has 0 amide bonds. The van der Waals surface area contributed by atoms with Gasteiger partial charge in [-0.05, 0) is 25.8 Å². The van der Waals surface area contributed by atoms with Crippen LogP contribution in [0.15, 0.2) is 4.79 Å². The zero-order valence-corrected chi connectivity index (χ0v) is 9.05. The van der Waals surface area contributed by atoms with Crippen LogP contribution in [0.4, 0.5) is 0 Å². The molecule has 1 aliphatic carbocycles. The van der Waals surface area contributed by atoms with Crippen LogP contribution in [0.2, 0.25) is 0 Å². The first-order chi connectivity index (χ1) is 7.26. The van der Waals surface area contributed by atoms with E-state index in [1.807, 2.05) is 6.92 Å². The van der Waals surface area contributed by atoms with Crippen LogP contribution in [-0.2, 0) is 12.8 Å². The third-order valence-corrected chi connectivity index (χ3v) is 2.79. The number of hydrogen-bond donors (Lipinski definition) is 2. The molecule has 3 N–H and O–H groups in total. The van der Waals surface area contributed by atoms with Crippen LogP contribution in [0.25, 0.3) is 0 Å². The molecule has 1 aliphatic rings. The fourth-order valence-corrected chi connectivity index (χ4v) is 1.81. The zero-order valence-electron chi connectivity index (χ0n) is 9.05. The first kappa shape index (κ1) is 10.4. The van der Waals surface area contributed by atoms with Crippen molar-refractivity contribution in [1.82, 2.24) is 9.97 Å². The van der Waals surface area contributed by atoms with E-state index in [0.29, 0.717) is 18.9 Å². The van der Waals surface area contributed by atoms with Crippen LogP contribution in [-0.4, -0.2) is 16.5 Å². The largest absolute Gasteiger partial charge is 0.330 e. The highest BCUT2D eigenvalue weighted by molar-refractivity contribution is 5.25. The maximum Gasteiger partial charge on any atom is 0.254 e. The molecule has 1 saturated carbocycles. The summed E-state index contributed by atoms with van der Waals surface area (Å²) < 4.78 is 0. The van der Waals surface area contributed by atoms with Gasteiger partial charge < -0.3 is 10.7 Å². The van der Waals surface area contributed by atoms with E-state index in [2.05, 4.69) is 9.97 Å². The normalized spacial score (nSPS) is 15.6. The van der Waals surface area contributed by atoms with Gasteiger partial charge in [0.15, 0.2) is 0 Å². The Balaban J connectivity index is 2.45. The maximum absolute atomic E-state index is 11.8. The molecule has 0 aromatic carbocycles. The molecule has 2 rings (SSSR count). The Hall–Kier alpha value is -1.16. The lowest BCUT2D eigenvalue weighted by molar-refractivity contribution is 0.812. The second-order valence-electron chi connectivity index (χ2n) is 4.04. The Kier molecular flexibility index (Phi) is 2.86. The highest BCUT2D eigenvalue weighted by Crippen LogP contribution is 2.39. The van der Waals surface area contributed by atoms with E-state index in [1.54, 1.807) is 0 Å². The summed E-state index contributed by atoms with van der Waals surface area (Å²) in [5, 5.41) is 0. The number of H-pyrrole nitrogens is 1. The van der Waals surface area contributed by atoms with Crippen LogP contribution >= 0.6 is 0 Å². The fraction of sp³-hybridized carbons (Fsp3) is 0.636. The molecule has 1 aromatic heterocycles. The van der Waals surface area contributed by atoms with Crippen molar-refractivity contribution in [3.63, 3.8) is 0 Å². The molecule has 0 aliphatic heterocycles. The van der Waals surface area contributed by atoms with Gasteiger partial charge in [0.1, 0.15) is 5.82 Å². The number of nitrogens with zero attached hydrogens (tertiary/aromatic N) is 1. The molecule has 4 heteroatoms. The van der Waals surface area contributed by atoms with E-state index in [0.717, 1.165) is 36.3 Å². The second kappa shape index (κ2) is 4.14. The standard InChI is InChI=1S/C11H17N3O/c1-2-9-13-10(7-3-4-7)8(5-6-12)11(15)14-9/h7H,2-6,12H2,1H3,(H,13,14,15). The third kappa shape index (κ3) is 2.09. The molecule has 1 fully saturated rings. The molecule has 4 nitrogen and oxygen atoms in total. The number of aryl methyl sites for hydroxylation is 1. The summed E-state index contributed by atoms with van der Waals surface area (Å²) in [6, 6.07) is 0. The van der Waals surface area contributed by atoms with Gasteiger partial charge in [-0.3, -0.25) is 4.79 Å². The monoisotopic (exact) mass is 207 g/mol. The molecule has 0 bridgehead atoms. The summed E-state index contributed by atoms with van der Waals surface area (Å²) in [4.78, 5) is 19.1. The summed E-state index contributed by atoms with van der Waals surface area (Å²) in [7, 11) is 0. The van der Waals surface area contributed by atoms with Crippen molar-refractivity contribution in [2.45, 2.75) is 38.5 Å². The van der Waals surface area contributed by atoms with E-state index < -0.39 is 0 Å². The van der Waals surface area contributed by atoms with Crippen LogP contribution in [0.3, 0.4) is 0 Å². The minimum atomic E-state index is 0.00852. The van der Waals surface area contributed by atoms with Gasteiger partial charge >= 0.3 is 0 Å². The van der Waals surface area contributed by atoms with E-state index >= 15 is 0 Å². The molecule has 0 atom stereocenters. The van der Waals surface area contributed by atoms with Gasteiger partial charge in [-0.2, -0.15) is 0 Å². The van der Waals surface area contributed by atoms with Crippen molar-refractivity contribution in [1.29, 1.82) is 0 Å². The first-order valence-electron chi connectivity index (χ1n) is 5.58. The Morgan fingerprint density at radius 3 is 2.80 bits per heavy atom. The van der Waals surface area contributed by atoms with Crippen molar-refractivity contribution < 1.29 is 0 Å². The predicted molar refractivity (Wildman–Crippen MR) is 59.0 cm³/mol. The lowest BCUT2D eigenvalue weighted by Gasteiger charge is -2.07. The van der Waals surface area contributed by atoms with E-state index in [4.69, 9.17) is 5.73 Å². The second-order valence-corrected chi connectivity index (χ2v) is 4.04. The molecule has 0 saturated heterocycles. The Labute approximate surface area is 88.9 Å². The van der Waals surface area contributed by atoms with E-state index in [-0.39, 0.29) is 5.56 Å². The van der Waals surface area contributed by atoms with Crippen molar-refractivity contribution in [3.8, 4) is 0 Å². The van der Waals surface area contributed by atoms with Crippen LogP contribution in [0.1, 0.15) is 42.8 Å². The quantitative estimate of drug-likeness (QED) is 0.763. The smallest absolute Gasteiger partial charge is 0.254 e. The van der Waals surface area contributed by atoms with Gasteiger partial charge in [0, 0.05) is 17.9 Å². The van der Waals surface area contributed by atoms with Crippen LogP contribution < -0.4 is 11.3 Å². The van der Waals surface area contributed by atoms with Crippen molar-refractivity contribution in [3.05, 3.63) is 27.4 Å². The van der Waals surface area contributed by atoms with Gasteiger partial charge in [0.2, 0.25) is 0 Å². The molecule has 1 heterocycles. The number of hydrogen-bond acceptors (Lipinski definition) is 3. The number of nitrogens with one attached hydrogen (secondary N) is 1. The summed E-state index contributed by atoms with van der Waals surface area (Å²) in [5.74, 6) is 1.31. The molecule has 15 heavy (non-hydrogen) atoms. The lowest BCUT2D eigenvalue weighted by atomic mass is 10.1. The van der Waals surface area contributed by atoms with Gasteiger partial charge in [-0.1, -0.05) is 6.92 Å².